The third-order valence-corrected chi connectivity index (χ3v) is 3.74. The van der Waals surface area contributed by atoms with Crippen molar-refractivity contribution in [3.8, 4) is 5.69 Å². The van der Waals surface area contributed by atoms with Crippen LogP contribution in [0.3, 0.4) is 0 Å². The second-order valence-electron chi connectivity index (χ2n) is 4.77. The van der Waals surface area contributed by atoms with Gasteiger partial charge in [0.05, 0.1) is 5.69 Å². The van der Waals surface area contributed by atoms with Gasteiger partial charge in [-0.15, -0.1) is 5.10 Å². The van der Waals surface area contributed by atoms with Crippen LogP contribution >= 0.6 is 11.6 Å². The SMILES string of the molecule is O=c1n(-c2ccc(Cl)cc2)nc2c3ccccc3ccn12. The van der Waals surface area contributed by atoms with Gasteiger partial charge in [0.15, 0.2) is 5.65 Å². The molecule has 102 valence electrons. The summed E-state index contributed by atoms with van der Waals surface area (Å²) < 4.78 is 2.94. The lowest BCUT2D eigenvalue weighted by atomic mass is 10.2. The summed E-state index contributed by atoms with van der Waals surface area (Å²) in [4.78, 5) is 12.5. The van der Waals surface area contributed by atoms with Crippen molar-refractivity contribution in [1.82, 2.24) is 14.2 Å². The summed E-state index contributed by atoms with van der Waals surface area (Å²) in [7, 11) is 0. The summed E-state index contributed by atoms with van der Waals surface area (Å²) in [5.74, 6) is 0. The highest BCUT2D eigenvalue weighted by molar-refractivity contribution is 6.30. The molecule has 0 aliphatic heterocycles. The number of benzene rings is 2. The first-order chi connectivity index (χ1) is 10.2. The molecule has 0 aliphatic rings. The predicted octanol–water partition coefficient (Wildman–Crippen LogP) is 3.29. The Bertz CT molecular complexity index is 1020. The highest BCUT2D eigenvalue weighted by atomic mass is 35.5. The van der Waals surface area contributed by atoms with Crippen LogP contribution in [0.25, 0.3) is 22.1 Å². The van der Waals surface area contributed by atoms with E-state index in [1.165, 1.54) is 4.68 Å². The maximum absolute atomic E-state index is 12.5. The van der Waals surface area contributed by atoms with Gasteiger partial charge >= 0.3 is 5.69 Å². The average molecular weight is 296 g/mol. The van der Waals surface area contributed by atoms with Crippen LogP contribution in [0, 0.1) is 0 Å². The van der Waals surface area contributed by atoms with Crippen molar-refractivity contribution in [2.75, 3.05) is 0 Å². The first-order valence-electron chi connectivity index (χ1n) is 6.49. The van der Waals surface area contributed by atoms with Gasteiger partial charge in [0.1, 0.15) is 0 Å². The van der Waals surface area contributed by atoms with Crippen molar-refractivity contribution in [1.29, 1.82) is 0 Å². The minimum atomic E-state index is -0.196. The molecule has 0 aliphatic carbocycles. The molecule has 4 aromatic rings. The Hall–Kier alpha value is -2.59. The van der Waals surface area contributed by atoms with Gasteiger partial charge in [-0.1, -0.05) is 35.9 Å². The van der Waals surface area contributed by atoms with Gasteiger partial charge in [0.2, 0.25) is 0 Å². The van der Waals surface area contributed by atoms with E-state index < -0.39 is 0 Å². The monoisotopic (exact) mass is 295 g/mol. The molecule has 0 bridgehead atoms. The number of hydrogen-bond donors (Lipinski definition) is 0. The molecule has 0 saturated heterocycles. The molecular weight excluding hydrogens is 286 g/mol. The first-order valence-corrected chi connectivity index (χ1v) is 6.87. The van der Waals surface area contributed by atoms with Crippen LogP contribution in [0.4, 0.5) is 0 Å². The molecule has 2 aromatic carbocycles. The molecule has 0 fully saturated rings. The molecule has 2 heterocycles. The zero-order valence-corrected chi connectivity index (χ0v) is 11.7. The van der Waals surface area contributed by atoms with Crippen molar-refractivity contribution in [2.24, 2.45) is 0 Å². The Morgan fingerprint density at radius 3 is 2.52 bits per heavy atom. The van der Waals surface area contributed by atoms with Crippen LogP contribution < -0.4 is 5.69 Å². The van der Waals surface area contributed by atoms with Gasteiger partial charge in [-0.25, -0.2) is 9.20 Å². The Morgan fingerprint density at radius 2 is 1.71 bits per heavy atom. The van der Waals surface area contributed by atoms with Crippen LogP contribution in [0.15, 0.2) is 65.6 Å². The summed E-state index contributed by atoms with van der Waals surface area (Å²) in [5.41, 5.74) is 1.14. The lowest BCUT2D eigenvalue weighted by Crippen LogP contribution is -2.19. The molecular formula is C16H10ClN3O. The highest BCUT2D eigenvalue weighted by Crippen LogP contribution is 2.18. The molecule has 0 unspecified atom stereocenters. The van der Waals surface area contributed by atoms with Crippen LogP contribution in [0.5, 0.6) is 0 Å². The quantitative estimate of drug-likeness (QED) is 0.540. The van der Waals surface area contributed by atoms with Gasteiger partial charge in [-0.2, -0.15) is 4.68 Å². The van der Waals surface area contributed by atoms with Gasteiger partial charge in [0, 0.05) is 16.6 Å². The fourth-order valence-electron chi connectivity index (χ4n) is 2.45. The molecule has 0 radical (unpaired) electrons. The Balaban J connectivity index is 2.07. The molecule has 0 saturated carbocycles. The third kappa shape index (κ3) is 1.84. The third-order valence-electron chi connectivity index (χ3n) is 3.49. The molecule has 4 rings (SSSR count). The van der Waals surface area contributed by atoms with Crippen LogP contribution in [-0.2, 0) is 0 Å². The number of rotatable bonds is 1. The Labute approximate surface area is 124 Å². The van der Waals surface area contributed by atoms with Gasteiger partial charge in [-0.05, 0) is 35.7 Å². The number of halogens is 1. The fourth-order valence-corrected chi connectivity index (χ4v) is 2.57. The minimum Gasteiger partial charge on any atom is -0.249 e. The summed E-state index contributed by atoms with van der Waals surface area (Å²) in [5, 5.41) is 7.09. The largest absolute Gasteiger partial charge is 0.355 e. The average Bonchev–Trinajstić information content (AvgIpc) is 2.86. The first kappa shape index (κ1) is 12.2. The van der Waals surface area contributed by atoms with E-state index in [2.05, 4.69) is 5.10 Å². The lowest BCUT2D eigenvalue weighted by molar-refractivity contribution is 0.839. The van der Waals surface area contributed by atoms with Gasteiger partial charge in [0.25, 0.3) is 0 Å². The molecule has 4 nitrogen and oxygen atoms in total. The van der Waals surface area contributed by atoms with Crippen LogP contribution in [0.1, 0.15) is 0 Å². The lowest BCUT2D eigenvalue weighted by Gasteiger charge is -1.98. The zero-order chi connectivity index (χ0) is 14.4. The molecule has 2 aromatic heterocycles. The fraction of sp³-hybridized carbons (Fsp3) is 0. The summed E-state index contributed by atoms with van der Waals surface area (Å²) in [6, 6.07) is 16.8. The van der Waals surface area contributed by atoms with E-state index in [1.54, 1.807) is 34.9 Å². The van der Waals surface area contributed by atoms with E-state index in [-0.39, 0.29) is 5.69 Å². The molecule has 0 N–H and O–H groups in total. The van der Waals surface area contributed by atoms with Crippen LogP contribution in [-0.4, -0.2) is 14.2 Å². The Morgan fingerprint density at radius 1 is 0.952 bits per heavy atom. The standard InChI is InChI=1S/C16H10ClN3O/c17-12-5-7-13(8-6-12)20-16(21)19-10-9-11-3-1-2-4-14(11)15(19)18-20/h1-10H. The van der Waals surface area contributed by atoms with Crippen molar-refractivity contribution >= 4 is 28.0 Å². The van der Waals surface area contributed by atoms with E-state index >= 15 is 0 Å². The summed E-state index contributed by atoms with van der Waals surface area (Å²) in [6.07, 6.45) is 1.75. The number of nitrogens with zero attached hydrogens (tertiary/aromatic N) is 3. The number of aromatic nitrogens is 3. The van der Waals surface area contributed by atoms with Crippen molar-refractivity contribution in [2.45, 2.75) is 0 Å². The topological polar surface area (TPSA) is 39.3 Å². The van der Waals surface area contributed by atoms with Crippen molar-refractivity contribution < 1.29 is 0 Å². The van der Waals surface area contributed by atoms with E-state index in [0.717, 1.165) is 10.8 Å². The predicted molar refractivity (Wildman–Crippen MR) is 83.3 cm³/mol. The Kier molecular flexibility index (Phi) is 2.59. The maximum Gasteiger partial charge on any atom is 0.355 e. The molecule has 0 amide bonds. The van der Waals surface area contributed by atoms with Crippen molar-refractivity contribution in [3.63, 3.8) is 0 Å². The number of fused-ring (bicyclic) bond motifs is 3. The second kappa shape index (κ2) is 4.46. The van der Waals surface area contributed by atoms with Gasteiger partial charge in [-0.3, -0.25) is 0 Å². The summed E-state index contributed by atoms with van der Waals surface area (Å²) >= 11 is 5.88. The smallest absolute Gasteiger partial charge is 0.249 e. The van der Waals surface area contributed by atoms with Crippen LogP contribution in [0.2, 0.25) is 5.02 Å². The molecule has 21 heavy (non-hydrogen) atoms. The molecule has 5 heteroatoms. The second-order valence-corrected chi connectivity index (χ2v) is 5.20. The minimum absolute atomic E-state index is 0.196. The zero-order valence-electron chi connectivity index (χ0n) is 10.9. The maximum atomic E-state index is 12.5. The molecule has 0 spiro atoms. The van der Waals surface area contributed by atoms with E-state index in [1.807, 2.05) is 30.3 Å². The number of hydrogen-bond acceptors (Lipinski definition) is 2. The number of pyridine rings is 1. The van der Waals surface area contributed by atoms with Gasteiger partial charge < -0.3 is 0 Å². The highest BCUT2D eigenvalue weighted by Gasteiger charge is 2.10. The van der Waals surface area contributed by atoms with E-state index in [9.17, 15) is 4.79 Å². The van der Waals surface area contributed by atoms with E-state index in [0.29, 0.717) is 16.4 Å². The summed E-state index contributed by atoms with van der Waals surface area (Å²) in [6.45, 7) is 0. The van der Waals surface area contributed by atoms with E-state index in [4.69, 9.17) is 11.6 Å². The normalized spacial score (nSPS) is 11.3. The molecule has 0 atom stereocenters. The van der Waals surface area contributed by atoms with Crippen molar-refractivity contribution in [3.05, 3.63) is 76.3 Å².